The third-order valence-electron chi connectivity index (χ3n) is 3.25. The van der Waals surface area contributed by atoms with Crippen LogP contribution in [0.2, 0.25) is 0 Å². The molecule has 0 radical (unpaired) electrons. The molecule has 0 aromatic heterocycles. The van der Waals surface area contributed by atoms with Gasteiger partial charge >= 0.3 is 0 Å². The molecule has 1 heterocycles. The Labute approximate surface area is 93.4 Å². The Morgan fingerprint density at radius 2 is 1.93 bits per heavy atom. The zero-order valence-corrected chi connectivity index (χ0v) is 10.3. The van der Waals surface area contributed by atoms with Crippen LogP contribution in [0, 0.1) is 5.92 Å². The highest BCUT2D eigenvalue weighted by Crippen LogP contribution is 2.43. The summed E-state index contributed by atoms with van der Waals surface area (Å²) in [4.78, 5) is 11.0. The number of hydrogen-bond donors (Lipinski definition) is 0. The number of aldehydes is 1. The van der Waals surface area contributed by atoms with Crippen LogP contribution in [0.1, 0.15) is 59.3 Å². The Morgan fingerprint density at radius 1 is 1.27 bits per heavy atom. The van der Waals surface area contributed by atoms with E-state index in [0.29, 0.717) is 5.92 Å². The molecule has 0 saturated carbocycles. The molecule has 15 heavy (non-hydrogen) atoms. The lowest BCUT2D eigenvalue weighted by Gasteiger charge is -2.06. The first kappa shape index (κ1) is 12.7. The Bertz CT molecular complexity index is 201. The summed E-state index contributed by atoms with van der Waals surface area (Å²) in [5.41, 5.74) is -0.402. The molecule has 0 aromatic carbocycles. The number of ether oxygens (including phenoxy) is 1. The fraction of sp³-hybridized carbons (Fsp3) is 0.923. The summed E-state index contributed by atoms with van der Waals surface area (Å²) in [7, 11) is 0. The van der Waals surface area contributed by atoms with Gasteiger partial charge in [-0.25, -0.2) is 0 Å². The van der Waals surface area contributed by atoms with Crippen molar-refractivity contribution >= 4 is 6.29 Å². The number of carbonyl (C=O) groups excluding carboxylic acids is 1. The first-order valence-electron chi connectivity index (χ1n) is 6.30. The van der Waals surface area contributed by atoms with E-state index in [9.17, 15) is 4.79 Å². The maximum atomic E-state index is 11.0. The molecule has 1 fully saturated rings. The van der Waals surface area contributed by atoms with E-state index >= 15 is 0 Å². The SMILES string of the molecule is CCCCCCCC1(C=O)OC1C(C)C. The Morgan fingerprint density at radius 3 is 2.40 bits per heavy atom. The van der Waals surface area contributed by atoms with Gasteiger partial charge in [0, 0.05) is 0 Å². The van der Waals surface area contributed by atoms with Crippen molar-refractivity contribution in [1.29, 1.82) is 0 Å². The summed E-state index contributed by atoms with van der Waals surface area (Å²) in [5, 5.41) is 0. The van der Waals surface area contributed by atoms with E-state index in [1.165, 1.54) is 25.7 Å². The molecule has 0 aliphatic carbocycles. The number of rotatable bonds is 8. The van der Waals surface area contributed by atoms with Gasteiger partial charge in [-0.2, -0.15) is 0 Å². The predicted octanol–water partition coefficient (Wildman–Crippen LogP) is 3.34. The van der Waals surface area contributed by atoms with E-state index in [1.54, 1.807) is 0 Å². The molecule has 1 aliphatic heterocycles. The lowest BCUT2D eigenvalue weighted by atomic mass is 9.93. The van der Waals surface area contributed by atoms with Crippen molar-refractivity contribution in [2.24, 2.45) is 5.92 Å². The van der Waals surface area contributed by atoms with Crippen LogP contribution in [-0.4, -0.2) is 18.0 Å². The van der Waals surface area contributed by atoms with E-state index < -0.39 is 5.60 Å². The third kappa shape index (κ3) is 3.30. The van der Waals surface area contributed by atoms with Crippen molar-refractivity contribution in [2.75, 3.05) is 0 Å². The molecule has 0 N–H and O–H groups in total. The second kappa shape index (κ2) is 5.64. The van der Waals surface area contributed by atoms with Crippen LogP contribution in [0.15, 0.2) is 0 Å². The van der Waals surface area contributed by atoms with Gasteiger partial charge in [0.15, 0.2) is 6.29 Å². The molecule has 0 spiro atoms. The normalized spacial score (nSPS) is 29.5. The van der Waals surface area contributed by atoms with Gasteiger partial charge in [0.1, 0.15) is 5.60 Å². The second-order valence-electron chi connectivity index (χ2n) is 5.02. The lowest BCUT2D eigenvalue weighted by molar-refractivity contribution is -0.112. The maximum Gasteiger partial charge on any atom is 0.154 e. The molecule has 2 nitrogen and oxygen atoms in total. The molecule has 0 aromatic rings. The Kier molecular flexibility index (Phi) is 4.78. The van der Waals surface area contributed by atoms with Crippen LogP contribution in [-0.2, 0) is 9.53 Å². The molecular weight excluding hydrogens is 188 g/mol. The van der Waals surface area contributed by atoms with Gasteiger partial charge in [0.05, 0.1) is 6.10 Å². The fourth-order valence-electron chi connectivity index (χ4n) is 2.26. The Hall–Kier alpha value is -0.370. The van der Waals surface area contributed by atoms with E-state index in [0.717, 1.165) is 19.1 Å². The topological polar surface area (TPSA) is 29.6 Å². The van der Waals surface area contributed by atoms with Crippen LogP contribution < -0.4 is 0 Å². The van der Waals surface area contributed by atoms with Crippen LogP contribution in [0.5, 0.6) is 0 Å². The third-order valence-corrected chi connectivity index (χ3v) is 3.25. The minimum absolute atomic E-state index is 0.182. The number of epoxide rings is 1. The van der Waals surface area contributed by atoms with Crippen LogP contribution in [0.3, 0.4) is 0 Å². The molecule has 0 bridgehead atoms. The summed E-state index contributed by atoms with van der Waals surface area (Å²) in [6, 6.07) is 0. The first-order valence-corrected chi connectivity index (χ1v) is 6.30. The predicted molar refractivity (Wildman–Crippen MR) is 61.9 cm³/mol. The molecule has 2 atom stereocenters. The van der Waals surface area contributed by atoms with Crippen molar-refractivity contribution in [3.05, 3.63) is 0 Å². The summed E-state index contributed by atoms with van der Waals surface area (Å²) in [6.45, 7) is 6.45. The minimum atomic E-state index is -0.402. The van der Waals surface area contributed by atoms with Gasteiger partial charge in [0.25, 0.3) is 0 Å². The standard InChI is InChI=1S/C13H24O2/c1-4-5-6-7-8-9-13(10-14)12(15-13)11(2)3/h10-12H,4-9H2,1-3H3. The van der Waals surface area contributed by atoms with Gasteiger partial charge in [-0.15, -0.1) is 0 Å². The quantitative estimate of drug-likeness (QED) is 0.351. The van der Waals surface area contributed by atoms with Crippen molar-refractivity contribution in [2.45, 2.75) is 71.0 Å². The molecule has 1 rings (SSSR count). The summed E-state index contributed by atoms with van der Waals surface area (Å²) in [5.74, 6) is 0.464. The highest BCUT2D eigenvalue weighted by atomic mass is 16.6. The smallest absolute Gasteiger partial charge is 0.154 e. The van der Waals surface area contributed by atoms with E-state index in [1.807, 2.05) is 0 Å². The van der Waals surface area contributed by atoms with Crippen molar-refractivity contribution in [1.82, 2.24) is 0 Å². The highest BCUT2D eigenvalue weighted by molar-refractivity contribution is 5.67. The average molecular weight is 212 g/mol. The van der Waals surface area contributed by atoms with Gasteiger partial charge in [-0.05, 0) is 12.3 Å². The highest BCUT2D eigenvalue weighted by Gasteiger charge is 2.57. The zero-order chi connectivity index (χ0) is 11.3. The molecule has 1 aliphatic rings. The van der Waals surface area contributed by atoms with Crippen molar-refractivity contribution in [3.8, 4) is 0 Å². The van der Waals surface area contributed by atoms with E-state index in [2.05, 4.69) is 20.8 Å². The summed E-state index contributed by atoms with van der Waals surface area (Å²) in [6.07, 6.45) is 8.35. The maximum absolute atomic E-state index is 11.0. The largest absolute Gasteiger partial charge is 0.358 e. The van der Waals surface area contributed by atoms with Crippen LogP contribution in [0.25, 0.3) is 0 Å². The second-order valence-corrected chi connectivity index (χ2v) is 5.02. The van der Waals surface area contributed by atoms with E-state index in [-0.39, 0.29) is 6.10 Å². The summed E-state index contributed by atoms with van der Waals surface area (Å²) < 4.78 is 5.55. The van der Waals surface area contributed by atoms with Gasteiger partial charge in [0.2, 0.25) is 0 Å². The monoisotopic (exact) mass is 212 g/mol. The van der Waals surface area contributed by atoms with Gasteiger partial charge in [-0.3, -0.25) is 0 Å². The molecule has 2 heteroatoms. The van der Waals surface area contributed by atoms with Crippen LogP contribution >= 0.6 is 0 Å². The zero-order valence-electron chi connectivity index (χ0n) is 10.3. The minimum Gasteiger partial charge on any atom is -0.358 e. The number of unbranched alkanes of at least 4 members (excludes halogenated alkanes) is 4. The molecular formula is C13H24O2. The number of carbonyl (C=O) groups is 1. The Balaban J connectivity index is 2.17. The lowest BCUT2D eigenvalue weighted by Crippen LogP contribution is -2.20. The molecule has 0 amide bonds. The fourth-order valence-corrected chi connectivity index (χ4v) is 2.26. The number of hydrogen-bond acceptors (Lipinski definition) is 2. The van der Waals surface area contributed by atoms with Crippen molar-refractivity contribution in [3.63, 3.8) is 0 Å². The van der Waals surface area contributed by atoms with Crippen molar-refractivity contribution < 1.29 is 9.53 Å². The van der Waals surface area contributed by atoms with E-state index in [4.69, 9.17) is 4.74 Å². The van der Waals surface area contributed by atoms with Crippen LogP contribution in [0.4, 0.5) is 0 Å². The van der Waals surface area contributed by atoms with Gasteiger partial charge < -0.3 is 9.53 Å². The summed E-state index contributed by atoms with van der Waals surface area (Å²) >= 11 is 0. The first-order chi connectivity index (χ1) is 7.16. The molecule has 1 saturated heterocycles. The molecule has 88 valence electrons. The average Bonchev–Trinajstić information content (AvgIpc) is 2.93. The van der Waals surface area contributed by atoms with Gasteiger partial charge in [-0.1, -0.05) is 52.9 Å². The molecule has 2 unspecified atom stereocenters.